The molecule has 0 saturated heterocycles. The first-order chi connectivity index (χ1) is 10.1. The molecule has 0 amide bonds. The highest BCUT2D eigenvalue weighted by molar-refractivity contribution is 5.81. The number of carbonyl (C=O) groups is 1. The molecule has 1 aromatic carbocycles. The fourth-order valence-electron chi connectivity index (χ4n) is 2.75. The molecule has 1 aromatic rings. The van der Waals surface area contributed by atoms with Crippen LogP contribution in [0.15, 0.2) is 24.3 Å². The van der Waals surface area contributed by atoms with Crippen molar-refractivity contribution in [3.05, 3.63) is 24.3 Å². The van der Waals surface area contributed by atoms with Crippen LogP contribution in [0.5, 0.6) is 11.5 Å². The standard InChI is InChI=1S/C16H23NO4/c1-4-20-15(18)16(17-2)9-8-14(11-16)21-13-7-5-6-12(10-13)19-3/h5-7,10,14,17H,4,8-9,11H2,1-3H3. The number of hydrogen-bond donors (Lipinski definition) is 1. The van der Waals surface area contributed by atoms with Gasteiger partial charge >= 0.3 is 5.97 Å². The van der Waals surface area contributed by atoms with E-state index in [-0.39, 0.29) is 12.1 Å². The van der Waals surface area contributed by atoms with E-state index < -0.39 is 5.54 Å². The van der Waals surface area contributed by atoms with Gasteiger partial charge in [-0.05, 0) is 38.9 Å². The Morgan fingerprint density at radius 2 is 2.19 bits per heavy atom. The minimum atomic E-state index is -0.625. The third kappa shape index (κ3) is 3.47. The van der Waals surface area contributed by atoms with Gasteiger partial charge in [0.15, 0.2) is 0 Å². The highest BCUT2D eigenvalue weighted by atomic mass is 16.5. The Labute approximate surface area is 125 Å². The maximum absolute atomic E-state index is 12.1. The van der Waals surface area contributed by atoms with Crippen LogP contribution in [0.3, 0.4) is 0 Å². The summed E-state index contributed by atoms with van der Waals surface area (Å²) in [4.78, 5) is 12.1. The zero-order valence-corrected chi connectivity index (χ0v) is 12.8. The van der Waals surface area contributed by atoms with Gasteiger partial charge in [0.25, 0.3) is 0 Å². The van der Waals surface area contributed by atoms with E-state index in [1.54, 1.807) is 14.2 Å². The van der Waals surface area contributed by atoms with Gasteiger partial charge in [-0.15, -0.1) is 0 Å². The highest BCUT2D eigenvalue weighted by Gasteiger charge is 2.46. The van der Waals surface area contributed by atoms with Gasteiger partial charge in [0.2, 0.25) is 0 Å². The molecule has 1 N–H and O–H groups in total. The van der Waals surface area contributed by atoms with Crippen molar-refractivity contribution >= 4 is 5.97 Å². The topological polar surface area (TPSA) is 56.8 Å². The van der Waals surface area contributed by atoms with Gasteiger partial charge in [-0.1, -0.05) is 6.07 Å². The smallest absolute Gasteiger partial charge is 0.326 e. The number of likely N-dealkylation sites (N-methyl/N-ethyl adjacent to an activating group) is 1. The Kier molecular flexibility index (Phi) is 5.07. The SMILES string of the molecule is CCOC(=O)C1(NC)CCC(Oc2cccc(OC)c2)C1. The lowest BCUT2D eigenvalue weighted by atomic mass is 9.98. The van der Waals surface area contributed by atoms with Crippen LogP contribution >= 0.6 is 0 Å². The Balaban J connectivity index is 2.02. The van der Waals surface area contributed by atoms with Gasteiger partial charge in [-0.25, -0.2) is 0 Å². The third-order valence-corrected chi connectivity index (χ3v) is 3.96. The highest BCUT2D eigenvalue weighted by Crippen LogP contribution is 2.34. The quantitative estimate of drug-likeness (QED) is 0.814. The second-order valence-electron chi connectivity index (χ2n) is 5.21. The van der Waals surface area contributed by atoms with Gasteiger partial charge < -0.3 is 19.5 Å². The second-order valence-corrected chi connectivity index (χ2v) is 5.21. The molecule has 0 heterocycles. The summed E-state index contributed by atoms with van der Waals surface area (Å²) in [6.07, 6.45) is 2.14. The summed E-state index contributed by atoms with van der Waals surface area (Å²) in [6, 6.07) is 7.51. The molecular weight excluding hydrogens is 270 g/mol. The van der Waals surface area contributed by atoms with Crippen molar-refractivity contribution in [3.8, 4) is 11.5 Å². The van der Waals surface area contributed by atoms with Crippen LogP contribution < -0.4 is 14.8 Å². The van der Waals surface area contributed by atoms with E-state index in [2.05, 4.69) is 5.32 Å². The van der Waals surface area contributed by atoms with Crippen LogP contribution in [-0.2, 0) is 9.53 Å². The summed E-state index contributed by atoms with van der Waals surface area (Å²) in [5, 5.41) is 3.12. The van der Waals surface area contributed by atoms with E-state index in [9.17, 15) is 4.79 Å². The van der Waals surface area contributed by atoms with Crippen LogP contribution in [0.1, 0.15) is 26.2 Å². The molecule has 21 heavy (non-hydrogen) atoms. The van der Waals surface area contributed by atoms with E-state index in [4.69, 9.17) is 14.2 Å². The lowest BCUT2D eigenvalue weighted by Gasteiger charge is -2.26. The molecule has 2 rings (SSSR count). The molecule has 0 aromatic heterocycles. The molecular formula is C16H23NO4. The molecule has 1 fully saturated rings. The Morgan fingerprint density at radius 1 is 1.43 bits per heavy atom. The maximum atomic E-state index is 12.1. The summed E-state index contributed by atoms with van der Waals surface area (Å²) in [5.74, 6) is 1.33. The molecule has 5 nitrogen and oxygen atoms in total. The Hall–Kier alpha value is -1.75. The fraction of sp³-hybridized carbons (Fsp3) is 0.562. The lowest BCUT2D eigenvalue weighted by molar-refractivity contribution is -0.151. The average molecular weight is 293 g/mol. The summed E-state index contributed by atoms with van der Waals surface area (Å²) in [7, 11) is 3.42. The number of ether oxygens (including phenoxy) is 3. The number of carbonyl (C=O) groups excluding carboxylic acids is 1. The van der Waals surface area contributed by atoms with Crippen molar-refractivity contribution in [3.63, 3.8) is 0 Å². The lowest BCUT2D eigenvalue weighted by Crippen LogP contribution is -2.49. The minimum Gasteiger partial charge on any atom is -0.497 e. The summed E-state index contributed by atoms with van der Waals surface area (Å²) >= 11 is 0. The maximum Gasteiger partial charge on any atom is 0.326 e. The van der Waals surface area contributed by atoms with Crippen LogP contribution in [-0.4, -0.2) is 38.4 Å². The van der Waals surface area contributed by atoms with Crippen LogP contribution in [0.2, 0.25) is 0 Å². The van der Waals surface area contributed by atoms with E-state index >= 15 is 0 Å². The van der Waals surface area contributed by atoms with Crippen LogP contribution in [0.25, 0.3) is 0 Å². The van der Waals surface area contributed by atoms with Crippen LogP contribution in [0, 0.1) is 0 Å². The number of esters is 1. The second kappa shape index (κ2) is 6.80. The zero-order chi connectivity index (χ0) is 15.3. The third-order valence-electron chi connectivity index (χ3n) is 3.96. The number of rotatable bonds is 6. The monoisotopic (exact) mass is 293 g/mol. The number of benzene rings is 1. The molecule has 1 aliphatic rings. The Morgan fingerprint density at radius 3 is 2.86 bits per heavy atom. The predicted octanol–water partition coefficient (Wildman–Crippen LogP) is 2.15. The van der Waals surface area contributed by atoms with Crippen LogP contribution in [0.4, 0.5) is 0 Å². The van der Waals surface area contributed by atoms with E-state index in [1.807, 2.05) is 31.2 Å². The van der Waals surface area contributed by atoms with E-state index in [0.29, 0.717) is 13.0 Å². The summed E-state index contributed by atoms with van der Waals surface area (Å²) < 4.78 is 16.3. The zero-order valence-electron chi connectivity index (χ0n) is 12.8. The van der Waals surface area contributed by atoms with Gasteiger partial charge in [0.1, 0.15) is 23.1 Å². The molecule has 1 aliphatic carbocycles. The normalized spacial score (nSPS) is 24.6. The van der Waals surface area contributed by atoms with Gasteiger partial charge in [0, 0.05) is 12.5 Å². The molecule has 2 atom stereocenters. The van der Waals surface area contributed by atoms with Crippen molar-refractivity contribution in [2.24, 2.45) is 0 Å². The molecule has 0 aliphatic heterocycles. The molecule has 0 radical (unpaired) electrons. The van der Waals surface area contributed by atoms with E-state index in [1.165, 1.54) is 0 Å². The number of hydrogen-bond acceptors (Lipinski definition) is 5. The average Bonchev–Trinajstić information content (AvgIpc) is 2.92. The van der Waals surface area contributed by atoms with Crippen molar-refractivity contribution < 1.29 is 19.0 Å². The van der Waals surface area contributed by atoms with Gasteiger partial charge in [-0.2, -0.15) is 0 Å². The largest absolute Gasteiger partial charge is 0.497 e. The molecule has 116 valence electrons. The van der Waals surface area contributed by atoms with E-state index in [0.717, 1.165) is 24.3 Å². The molecule has 2 unspecified atom stereocenters. The number of nitrogens with one attached hydrogen (secondary N) is 1. The molecule has 0 bridgehead atoms. The van der Waals surface area contributed by atoms with Crippen molar-refractivity contribution in [1.29, 1.82) is 0 Å². The van der Waals surface area contributed by atoms with Crippen molar-refractivity contribution in [2.45, 2.75) is 37.8 Å². The first-order valence-corrected chi connectivity index (χ1v) is 7.30. The number of methoxy groups -OCH3 is 1. The van der Waals surface area contributed by atoms with Crippen molar-refractivity contribution in [1.82, 2.24) is 5.32 Å². The van der Waals surface area contributed by atoms with Gasteiger partial charge in [0.05, 0.1) is 13.7 Å². The first kappa shape index (κ1) is 15.6. The first-order valence-electron chi connectivity index (χ1n) is 7.30. The summed E-state index contributed by atoms with van der Waals surface area (Å²) in [5.41, 5.74) is -0.625. The predicted molar refractivity (Wildman–Crippen MR) is 79.7 cm³/mol. The molecule has 1 saturated carbocycles. The molecule has 0 spiro atoms. The summed E-state index contributed by atoms with van der Waals surface area (Å²) in [6.45, 7) is 2.21. The fourth-order valence-corrected chi connectivity index (χ4v) is 2.75. The van der Waals surface area contributed by atoms with Gasteiger partial charge in [-0.3, -0.25) is 4.79 Å². The van der Waals surface area contributed by atoms with Crippen molar-refractivity contribution in [2.75, 3.05) is 20.8 Å². The Bertz CT molecular complexity index is 491. The minimum absolute atomic E-state index is 0.00559. The molecule has 5 heteroatoms.